The number of rotatable bonds is 4. The van der Waals surface area contributed by atoms with Crippen LogP contribution < -0.4 is 4.74 Å². The summed E-state index contributed by atoms with van der Waals surface area (Å²) in [6, 6.07) is 14.5. The average Bonchev–Trinajstić information content (AvgIpc) is 3.12. The quantitative estimate of drug-likeness (QED) is 0.683. The molecule has 2 heterocycles. The van der Waals surface area contributed by atoms with Gasteiger partial charge in [-0.15, -0.1) is 0 Å². The van der Waals surface area contributed by atoms with Crippen LogP contribution in [0.3, 0.4) is 0 Å². The van der Waals surface area contributed by atoms with Crippen molar-refractivity contribution in [3.8, 4) is 5.75 Å². The summed E-state index contributed by atoms with van der Waals surface area (Å²) in [7, 11) is -3.59. The predicted octanol–water partition coefficient (Wildman–Crippen LogP) is 3.73. The van der Waals surface area contributed by atoms with E-state index in [4.69, 9.17) is 16.3 Å². The number of halogens is 1. The number of fused-ring (bicyclic) bond motifs is 1. The van der Waals surface area contributed by atoms with Crippen LogP contribution in [0.1, 0.15) is 6.42 Å². The van der Waals surface area contributed by atoms with Crippen molar-refractivity contribution in [2.24, 2.45) is 0 Å². The van der Waals surface area contributed by atoms with Crippen LogP contribution in [0.2, 0.25) is 5.02 Å². The second-order valence-electron chi connectivity index (χ2n) is 6.17. The van der Waals surface area contributed by atoms with Gasteiger partial charge in [-0.05, 0) is 17.9 Å². The van der Waals surface area contributed by atoms with Crippen LogP contribution in [0.4, 0.5) is 0 Å². The highest BCUT2D eigenvalue weighted by Gasteiger charge is 2.34. The third kappa shape index (κ3) is 3.16. The minimum Gasteiger partial charge on any atom is -0.487 e. The van der Waals surface area contributed by atoms with Crippen LogP contribution >= 0.6 is 11.6 Å². The van der Waals surface area contributed by atoms with Gasteiger partial charge in [0.15, 0.2) is 0 Å². The summed E-state index contributed by atoms with van der Waals surface area (Å²) in [5, 5.41) is 2.06. The van der Waals surface area contributed by atoms with Crippen molar-refractivity contribution in [3.63, 3.8) is 0 Å². The summed E-state index contributed by atoms with van der Waals surface area (Å²) in [6.07, 6.45) is 3.49. The maximum Gasteiger partial charge on any atom is 0.243 e. The SMILES string of the molecule is O=S(=O)(c1cccc2ccccc12)N1CCC(Oc2ccncc2Cl)C1. The van der Waals surface area contributed by atoms with Gasteiger partial charge in [-0.3, -0.25) is 4.98 Å². The van der Waals surface area contributed by atoms with Gasteiger partial charge in [0.1, 0.15) is 16.9 Å². The van der Waals surface area contributed by atoms with E-state index in [0.29, 0.717) is 35.2 Å². The van der Waals surface area contributed by atoms with Gasteiger partial charge in [0.05, 0.1) is 11.4 Å². The Kier molecular flexibility index (Phi) is 4.56. The molecule has 1 aromatic heterocycles. The first-order valence-corrected chi connectivity index (χ1v) is 10.1. The van der Waals surface area contributed by atoms with Crippen LogP contribution in [0.25, 0.3) is 10.8 Å². The Bertz CT molecular complexity index is 1050. The molecular formula is C19H17ClN2O3S. The molecule has 5 nitrogen and oxygen atoms in total. The standard InChI is InChI=1S/C19H17ClN2O3S/c20-17-12-21-10-8-18(17)25-15-9-11-22(13-15)26(23,24)19-7-3-5-14-4-1-2-6-16(14)19/h1-8,10,12,15H,9,11,13H2. The van der Waals surface area contributed by atoms with Crippen molar-refractivity contribution in [1.82, 2.24) is 9.29 Å². The molecule has 4 rings (SSSR count). The van der Waals surface area contributed by atoms with E-state index < -0.39 is 10.0 Å². The third-order valence-corrected chi connectivity index (χ3v) is 6.71. The first-order chi connectivity index (χ1) is 12.6. The molecule has 1 fully saturated rings. The van der Waals surface area contributed by atoms with Gasteiger partial charge in [-0.1, -0.05) is 48.0 Å². The number of ether oxygens (including phenoxy) is 1. The van der Waals surface area contributed by atoms with E-state index in [1.807, 2.05) is 30.3 Å². The molecule has 0 spiro atoms. The lowest BCUT2D eigenvalue weighted by molar-refractivity contribution is 0.215. The lowest BCUT2D eigenvalue weighted by Gasteiger charge is -2.18. The molecule has 0 saturated carbocycles. The van der Waals surface area contributed by atoms with Gasteiger partial charge >= 0.3 is 0 Å². The van der Waals surface area contributed by atoms with Crippen molar-refractivity contribution < 1.29 is 13.2 Å². The second-order valence-corrected chi connectivity index (χ2v) is 8.49. The minimum absolute atomic E-state index is 0.236. The number of sulfonamides is 1. The Morgan fingerprint density at radius 3 is 2.77 bits per heavy atom. The van der Waals surface area contributed by atoms with Gasteiger partial charge in [0.25, 0.3) is 0 Å². The van der Waals surface area contributed by atoms with Crippen molar-refractivity contribution in [2.75, 3.05) is 13.1 Å². The molecule has 1 aliphatic rings. The minimum atomic E-state index is -3.59. The highest BCUT2D eigenvalue weighted by atomic mass is 35.5. The molecule has 7 heteroatoms. The molecule has 0 N–H and O–H groups in total. The molecule has 1 atom stereocenters. The van der Waals surface area contributed by atoms with E-state index in [1.54, 1.807) is 24.4 Å². The molecule has 0 bridgehead atoms. The Morgan fingerprint density at radius 2 is 1.92 bits per heavy atom. The molecule has 0 aliphatic carbocycles. The zero-order valence-corrected chi connectivity index (χ0v) is 15.4. The number of nitrogens with zero attached hydrogens (tertiary/aromatic N) is 2. The Balaban J connectivity index is 1.59. The summed E-state index contributed by atoms with van der Waals surface area (Å²) >= 11 is 6.07. The zero-order valence-electron chi connectivity index (χ0n) is 13.9. The van der Waals surface area contributed by atoms with E-state index in [1.165, 1.54) is 10.5 Å². The topological polar surface area (TPSA) is 59.5 Å². The maximum atomic E-state index is 13.1. The molecular weight excluding hydrogens is 372 g/mol. The largest absolute Gasteiger partial charge is 0.487 e. The lowest BCUT2D eigenvalue weighted by Crippen LogP contribution is -2.31. The van der Waals surface area contributed by atoms with Crippen LogP contribution in [0.15, 0.2) is 65.8 Å². The van der Waals surface area contributed by atoms with Gasteiger partial charge in [-0.2, -0.15) is 4.31 Å². The molecule has 26 heavy (non-hydrogen) atoms. The Hall–Kier alpha value is -2.15. The summed E-state index contributed by atoms with van der Waals surface area (Å²) in [5.41, 5.74) is 0. The third-order valence-electron chi connectivity index (χ3n) is 4.50. The predicted molar refractivity (Wildman–Crippen MR) is 101 cm³/mol. The van der Waals surface area contributed by atoms with Gasteiger partial charge in [0, 0.05) is 30.4 Å². The van der Waals surface area contributed by atoms with Crippen LogP contribution in [-0.4, -0.2) is 36.9 Å². The van der Waals surface area contributed by atoms with Crippen molar-refractivity contribution in [2.45, 2.75) is 17.4 Å². The molecule has 1 unspecified atom stereocenters. The Morgan fingerprint density at radius 1 is 1.12 bits per heavy atom. The molecule has 3 aromatic rings. The van der Waals surface area contributed by atoms with E-state index in [2.05, 4.69) is 4.98 Å². The number of pyridine rings is 1. The van der Waals surface area contributed by atoms with Crippen molar-refractivity contribution in [3.05, 3.63) is 65.9 Å². The van der Waals surface area contributed by atoms with Gasteiger partial charge in [0.2, 0.25) is 10.0 Å². The summed E-state index contributed by atoms with van der Waals surface area (Å²) in [4.78, 5) is 4.26. The fourth-order valence-corrected chi connectivity index (χ4v) is 5.07. The van der Waals surface area contributed by atoms with E-state index >= 15 is 0 Å². The lowest BCUT2D eigenvalue weighted by atomic mass is 10.1. The molecule has 1 aliphatic heterocycles. The number of aromatic nitrogens is 1. The zero-order chi connectivity index (χ0) is 18.1. The first kappa shape index (κ1) is 17.3. The molecule has 134 valence electrons. The molecule has 2 aromatic carbocycles. The fourth-order valence-electron chi connectivity index (χ4n) is 3.21. The van der Waals surface area contributed by atoms with Crippen molar-refractivity contribution in [1.29, 1.82) is 0 Å². The number of hydrogen-bond donors (Lipinski definition) is 0. The normalized spacial score (nSPS) is 18.3. The van der Waals surface area contributed by atoms with Crippen LogP contribution in [-0.2, 0) is 10.0 Å². The highest BCUT2D eigenvalue weighted by Crippen LogP contribution is 2.30. The number of hydrogen-bond acceptors (Lipinski definition) is 4. The smallest absolute Gasteiger partial charge is 0.243 e. The Labute approximate surface area is 157 Å². The number of benzene rings is 2. The summed E-state index contributed by atoms with van der Waals surface area (Å²) < 4.78 is 33.7. The van der Waals surface area contributed by atoms with Gasteiger partial charge in [-0.25, -0.2) is 8.42 Å². The fraction of sp³-hybridized carbons (Fsp3) is 0.211. The summed E-state index contributed by atoms with van der Waals surface area (Å²) in [6.45, 7) is 0.711. The first-order valence-electron chi connectivity index (χ1n) is 8.30. The molecule has 0 amide bonds. The molecule has 1 saturated heterocycles. The van der Waals surface area contributed by atoms with E-state index in [-0.39, 0.29) is 6.10 Å². The highest BCUT2D eigenvalue weighted by molar-refractivity contribution is 7.89. The average molecular weight is 389 g/mol. The maximum absolute atomic E-state index is 13.1. The second kappa shape index (κ2) is 6.87. The van der Waals surface area contributed by atoms with Crippen LogP contribution in [0.5, 0.6) is 5.75 Å². The van der Waals surface area contributed by atoms with E-state index in [0.717, 1.165) is 10.8 Å². The van der Waals surface area contributed by atoms with Crippen LogP contribution in [0, 0.1) is 0 Å². The van der Waals surface area contributed by atoms with Crippen molar-refractivity contribution >= 4 is 32.4 Å². The van der Waals surface area contributed by atoms with Gasteiger partial charge < -0.3 is 4.74 Å². The monoisotopic (exact) mass is 388 g/mol. The summed E-state index contributed by atoms with van der Waals surface area (Å²) in [5.74, 6) is 0.524. The molecule has 0 radical (unpaired) electrons. The van der Waals surface area contributed by atoms with E-state index in [9.17, 15) is 8.42 Å².